The van der Waals surface area contributed by atoms with E-state index >= 15 is 0 Å². The second-order valence-electron chi connectivity index (χ2n) is 3.48. The van der Waals surface area contributed by atoms with Gasteiger partial charge in [0, 0.05) is 13.7 Å². The van der Waals surface area contributed by atoms with Gasteiger partial charge < -0.3 is 19.9 Å². The van der Waals surface area contributed by atoms with E-state index in [-0.39, 0.29) is 12.7 Å². The molecule has 0 saturated carbocycles. The molecule has 5 heteroatoms. The lowest BCUT2D eigenvalue weighted by Crippen LogP contribution is -2.34. The van der Waals surface area contributed by atoms with Crippen molar-refractivity contribution in [3.05, 3.63) is 0 Å². The normalized spacial score (nSPS) is 12.9. The molecule has 1 atom stereocenters. The van der Waals surface area contributed by atoms with Crippen LogP contribution in [-0.4, -0.2) is 45.0 Å². The molecule has 0 fully saturated rings. The van der Waals surface area contributed by atoms with E-state index in [1.165, 1.54) is 0 Å². The van der Waals surface area contributed by atoms with Crippen LogP contribution in [0.5, 0.6) is 0 Å². The van der Waals surface area contributed by atoms with Crippen molar-refractivity contribution >= 4 is 5.97 Å². The van der Waals surface area contributed by atoms with E-state index < -0.39 is 12.0 Å². The molecule has 0 aromatic rings. The average molecular weight is 219 g/mol. The number of hydrogen-bond donors (Lipinski definition) is 1. The molecule has 5 nitrogen and oxygen atoms in total. The maximum atomic E-state index is 11.2. The number of hydrogen-bond acceptors (Lipinski definition) is 5. The number of rotatable bonds is 8. The zero-order chi connectivity index (χ0) is 11.7. The van der Waals surface area contributed by atoms with Gasteiger partial charge in [-0.3, -0.25) is 4.79 Å². The number of esters is 1. The summed E-state index contributed by atoms with van der Waals surface area (Å²) in [6.07, 6.45) is 0.617. The summed E-state index contributed by atoms with van der Waals surface area (Å²) < 4.78 is 14.9. The molecule has 0 bridgehead atoms. The summed E-state index contributed by atoms with van der Waals surface area (Å²) in [5.41, 5.74) is 5.55. The highest BCUT2D eigenvalue weighted by molar-refractivity contribution is 5.75. The number of ether oxygens (including phenoxy) is 3. The van der Waals surface area contributed by atoms with Crippen molar-refractivity contribution in [1.29, 1.82) is 0 Å². The van der Waals surface area contributed by atoms with Gasteiger partial charge in [-0.2, -0.15) is 0 Å². The first-order valence-electron chi connectivity index (χ1n) is 5.10. The highest BCUT2D eigenvalue weighted by Gasteiger charge is 2.14. The number of carbonyl (C=O) groups is 1. The van der Waals surface area contributed by atoms with Gasteiger partial charge in [0.25, 0.3) is 0 Å². The molecule has 0 aromatic carbocycles. The molecule has 0 amide bonds. The fraction of sp³-hybridized carbons (Fsp3) is 0.900. The van der Waals surface area contributed by atoms with Crippen molar-refractivity contribution in [3.8, 4) is 0 Å². The van der Waals surface area contributed by atoms with Crippen LogP contribution in [0, 0.1) is 0 Å². The quantitative estimate of drug-likeness (QED) is 0.470. The van der Waals surface area contributed by atoms with E-state index in [0.29, 0.717) is 19.6 Å². The molecule has 0 heterocycles. The molecule has 90 valence electrons. The largest absolute Gasteiger partial charge is 0.462 e. The predicted octanol–water partition coefficient (Wildman–Crippen LogP) is 0.318. The Balaban J connectivity index is 3.47. The lowest BCUT2D eigenvalue weighted by molar-refractivity contribution is -0.147. The van der Waals surface area contributed by atoms with Crippen LogP contribution < -0.4 is 5.73 Å². The van der Waals surface area contributed by atoms with Gasteiger partial charge in [-0.05, 0) is 20.3 Å². The Kier molecular flexibility index (Phi) is 8.27. The smallest absolute Gasteiger partial charge is 0.323 e. The molecular formula is C10H21NO4. The Morgan fingerprint density at radius 3 is 2.47 bits per heavy atom. The molecule has 0 aliphatic carbocycles. The molecule has 1 unspecified atom stereocenters. The lowest BCUT2D eigenvalue weighted by Gasteiger charge is -2.12. The minimum Gasteiger partial charge on any atom is -0.462 e. The van der Waals surface area contributed by atoms with E-state index in [9.17, 15) is 4.79 Å². The maximum absolute atomic E-state index is 11.2. The summed E-state index contributed by atoms with van der Waals surface area (Å²) in [5.74, 6) is -0.403. The van der Waals surface area contributed by atoms with Crippen LogP contribution in [-0.2, 0) is 19.0 Å². The molecule has 0 rings (SSSR count). The van der Waals surface area contributed by atoms with Crippen LogP contribution in [0.25, 0.3) is 0 Å². The number of nitrogens with two attached hydrogens (primary N) is 1. The molecule has 0 aliphatic rings. The average Bonchev–Trinajstić information content (AvgIpc) is 2.20. The maximum Gasteiger partial charge on any atom is 0.323 e. The van der Waals surface area contributed by atoms with Crippen molar-refractivity contribution < 1.29 is 19.0 Å². The van der Waals surface area contributed by atoms with E-state index in [1.54, 1.807) is 7.11 Å². The first-order valence-corrected chi connectivity index (χ1v) is 5.10. The Bertz CT molecular complexity index is 173. The molecule has 15 heavy (non-hydrogen) atoms. The van der Waals surface area contributed by atoms with Gasteiger partial charge in [-0.15, -0.1) is 0 Å². The van der Waals surface area contributed by atoms with Gasteiger partial charge in [0.2, 0.25) is 0 Å². The zero-order valence-corrected chi connectivity index (χ0v) is 9.69. The summed E-state index contributed by atoms with van der Waals surface area (Å²) >= 11 is 0. The molecule has 0 spiro atoms. The first-order chi connectivity index (χ1) is 7.07. The minimum absolute atomic E-state index is 0.144. The summed E-state index contributed by atoms with van der Waals surface area (Å²) in [4.78, 5) is 11.2. The van der Waals surface area contributed by atoms with Gasteiger partial charge in [0.1, 0.15) is 12.6 Å². The molecule has 0 radical (unpaired) electrons. The fourth-order valence-corrected chi connectivity index (χ4v) is 0.896. The molecule has 0 saturated heterocycles. The third kappa shape index (κ3) is 8.35. The van der Waals surface area contributed by atoms with Gasteiger partial charge in [-0.1, -0.05) is 0 Å². The van der Waals surface area contributed by atoms with Crippen molar-refractivity contribution in [2.24, 2.45) is 5.73 Å². The Hall–Kier alpha value is -0.650. The van der Waals surface area contributed by atoms with Crippen LogP contribution in [0.1, 0.15) is 20.3 Å². The Labute approximate surface area is 90.9 Å². The summed E-state index contributed by atoms with van der Waals surface area (Å²) in [6.45, 7) is 4.95. The summed E-state index contributed by atoms with van der Waals surface area (Å²) in [6, 6.07) is -0.607. The van der Waals surface area contributed by atoms with E-state index in [1.807, 2.05) is 13.8 Å². The fourth-order valence-electron chi connectivity index (χ4n) is 0.896. The molecule has 2 N–H and O–H groups in total. The highest BCUT2D eigenvalue weighted by Crippen LogP contribution is 1.94. The lowest BCUT2D eigenvalue weighted by atomic mass is 10.2. The third-order valence-electron chi connectivity index (χ3n) is 1.71. The predicted molar refractivity (Wildman–Crippen MR) is 56.5 cm³/mol. The topological polar surface area (TPSA) is 70.8 Å². The monoisotopic (exact) mass is 219 g/mol. The van der Waals surface area contributed by atoms with E-state index in [4.69, 9.17) is 19.9 Å². The van der Waals surface area contributed by atoms with Crippen LogP contribution >= 0.6 is 0 Å². The molecule has 0 aliphatic heterocycles. The molecular weight excluding hydrogens is 198 g/mol. The zero-order valence-electron chi connectivity index (χ0n) is 9.69. The van der Waals surface area contributed by atoms with Gasteiger partial charge in [-0.25, -0.2) is 0 Å². The van der Waals surface area contributed by atoms with E-state index in [0.717, 1.165) is 0 Å². The van der Waals surface area contributed by atoms with Crippen LogP contribution in [0.2, 0.25) is 0 Å². The summed E-state index contributed by atoms with van der Waals surface area (Å²) in [7, 11) is 1.56. The first kappa shape index (κ1) is 14.3. The Morgan fingerprint density at radius 2 is 1.93 bits per heavy atom. The van der Waals surface area contributed by atoms with Crippen molar-refractivity contribution in [2.75, 3.05) is 26.9 Å². The molecule has 0 aromatic heterocycles. The van der Waals surface area contributed by atoms with Gasteiger partial charge >= 0.3 is 5.97 Å². The van der Waals surface area contributed by atoms with Crippen molar-refractivity contribution in [1.82, 2.24) is 0 Å². The van der Waals surface area contributed by atoms with Crippen LogP contribution in [0.4, 0.5) is 0 Å². The van der Waals surface area contributed by atoms with Gasteiger partial charge in [0.15, 0.2) is 0 Å². The minimum atomic E-state index is -0.607. The van der Waals surface area contributed by atoms with Crippen molar-refractivity contribution in [3.63, 3.8) is 0 Å². The van der Waals surface area contributed by atoms with Crippen LogP contribution in [0.3, 0.4) is 0 Å². The van der Waals surface area contributed by atoms with Crippen LogP contribution in [0.15, 0.2) is 0 Å². The van der Waals surface area contributed by atoms with E-state index in [2.05, 4.69) is 0 Å². The SMILES string of the molecule is COCCC(N)C(=O)OCCOC(C)C. The standard InChI is InChI=1S/C10H21NO4/c1-8(2)14-6-7-15-10(12)9(11)4-5-13-3/h8-9H,4-7,11H2,1-3H3. The third-order valence-corrected chi connectivity index (χ3v) is 1.71. The second-order valence-corrected chi connectivity index (χ2v) is 3.48. The summed E-state index contributed by atoms with van der Waals surface area (Å²) in [5, 5.41) is 0. The van der Waals surface area contributed by atoms with Crippen molar-refractivity contribution in [2.45, 2.75) is 32.4 Å². The highest BCUT2D eigenvalue weighted by atomic mass is 16.6. The number of carbonyl (C=O) groups excluding carboxylic acids is 1. The second kappa shape index (κ2) is 8.64. The van der Waals surface area contributed by atoms with Gasteiger partial charge in [0.05, 0.1) is 12.7 Å². The number of methoxy groups -OCH3 is 1. The Morgan fingerprint density at radius 1 is 1.27 bits per heavy atom.